The van der Waals surface area contributed by atoms with Crippen molar-refractivity contribution in [1.29, 1.82) is 0 Å². The number of hydrogen-bond donors (Lipinski definition) is 0. The molecule has 0 bridgehead atoms. The van der Waals surface area contributed by atoms with E-state index >= 15 is 0 Å². The molecule has 1 fully saturated rings. The number of amides is 2. The maximum Gasteiger partial charge on any atom is 0.254 e. The Morgan fingerprint density at radius 3 is 1.35 bits per heavy atom. The molecule has 4 nitrogen and oxygen atoms in total. The SMILES string of the molecule is C[C@@H]1CN(C(=O)c2ccc(Cl)cc2)[C@H](C)CN1C(=O)c1ccc(Cl)cc1. The predicted molar refractivity (Wildman–Crippen MR) is 104 cm³/mol. The molecule has 26 heavy (non-hydrogen) atoms. The normalized spacial score (nSPS) is 20.2. The van der Waals surface area contributed by atoms with Crippen LogP contribution in [0.5, 0.6) is 0 Å². The van der Waals surface area contributed by atoms with Gasteiger partial charge in [0.25, 0.3) is 11.8 Å². The van der Waals surface area contributed by atoms with Gasteiger partial charge in [0, 0.05) is 46.3 Å². The van der Waals surface area contributed by atoms with Crippen LogP contribution in [0, 0.1) is 0 Å². The van der Waals surface area contributed by atoms with Crippen molar-refractivity contribution in [3.63, 3.8) is 0 Å². The third kappa shape index (κ3) is 3.87. The average molecular weight is 391 g/mol. The van der Waals surface area contributed by atoms with Crippen LogP contribution in [-0.2, 0) is 0 Å². The molecule has 0 unspecified atom stereocenters. The van der Waals surface area contributed by atoms with Crippen molar-refractivity contribution in [3.8, 4) is 0 Å². The predicted octanol–water partition coefficient (Wildman–Crippen LogP) is 4.37. The van der Waals surface area contributed by atoms with Gasteiger partial charge >= 0.3 is 0 Å². The number of carbonyl (C=O) groups is 2. The van der Waals surface area contributed by atoms with Crippen LogP contribution in [0.15, 0.2) is 48.5 Å². The van der Waals surface area contributed by atoms with E-state index in [0.717, 1.165) is 0 Å². The molecular weight excluding hydrogens is 371 g/mol. The molecule has 2 aromatic carbocycles. The summed E-state index contributed by atoms with van der Waals surface area (Å²) in [7, 11) is 0. The third-order valence-corrected chi connectivity index (χ3v) is 5.19. The average Bonchev–Trinajstić information content (AvgIpc) is 2.63. The minimum atomic E-state index is -0.0781. The van der Waals surface area contributed by atoms with Crippen LogP contribution in [0.1, 0.15) is 34.6 Å². The van der Waals surface area contributed by atoms with Gasteiger partial charge in [-0.2, -0.15) is 0 Å². The van der Waals surface area contributed by atoms with E-state index in [1.807, 2.05) is 23.6 Å². The number of carbonyl (C=O) groups excluding carboxylic acids is 2. The molecule has 2 amide bonds. The van der Waals surface area contributed by atoms with Gasteiger partial charge in [-0.3, -0.25) is 9.59 Å². The third-order valence-electron chi connectivity index (χ3n) is 4.69. The Hall–Kier alpha value is -2.04. The zero-order valence-corrected chi connectivity index (χ0v) is 16.2. The molecule has 1 aliphatic heterocycles. The van der Waals surface area contributed by atoms with Crippen molar-refractivity contribution in [1.82, 2.24) is 9.80 Å². The summed E-state index contributed by atoms with van der Waals surface area (Å²) in [6, 6.07) is 13.6. The van der Waals surface area contributed by atoms with Crippen LogP contribution in [0.25, 0.3) is 0 Å². The molecule has 136 valence electrons. The van der Waals surface area contributed by atoms with Crippen LogP contribution in [0.2, 0.25) is 10.0 Å². The fourth-order valence-corrected chi connectivity index (χ4v) is 3.46. The minimum absolute atomic E-state index is 0.0420. The van der Waals surface area contributed by atoms with Gasteiger partial charge in [0.1, 0.15) is 0 Å². The van der Waals surface area contributed by atoms with Gasteiger partial charge < -0.3 is 9.80 Å². The van der Waals surface area contributed by atoms with Gasteiger partial charge in [-0.25, -0.2) is 0 Å². The fourth-order valence-electron chi connectivity index (χ4n) is 3.21. The first-order valence-corrected chi connectivity index (χ1v) is 9.25. The Morgan fingerprint density at radius 2 is 1.04 bits per heavy atom. The van der Waals surface area contributed by atoms with E-state index in [4.69, 9.17) is 23.2 Å². The number of benzene rings is 2. The summed E-state index contributed by atoms with van der Waals surface area (Å²) in [5.41, 5.74) is 1.21. The van der Waals surface area contributed by atoms with Gasteiger partial charge in [-0.05, 0) is 62.4 Å². The Kier molecular flexibility index (Phi) is 5.54. The number of piperazine rings is 1. The summed E-state index contributed by atoms with van der Waals surface area (Å²) in [4.78, 5) is 29.3. The Bertz CT molecular complexity index is 736. The molecule has 6 heteroatoms. The molecule has 2 atom stereocenters. The highest BCUT2D eigenvalue weighted by Crippen LogP contribution is 2.22. The maximum absolute atomic E-state index is 12.8. The highest BCUT2D eigenvalue weighted by molar-refractivity contribution is 6.31. The smallest absolute Gasteiger partial charge is 0.254 e. The molecule has 0 spiro atoms. The first kappa shape index (κ1) is 18.7. The van der Waals surface area contributed by atoms with Crippen molar-refractivity contribution < 1.29 is 9.59 Å². The second kappa shape index (κ2) is 7.68. The van der Waals surface area contributed by atoms with Gasteiger partial charge in [0.15, 0.2) is 0 Å². The lowest BCUT2D eigenvalue weighted by Crippen LogP contribution is -2.59. The summed E-state index contributed by atoms with van der Waals surface area (Å²) in [5.74, 6) is -0.0841. The highest BCUT2D eigenvalue weighted by Gasteiger charge is 2.35. The highest BCUT2D eigenvalue weighted by atomic mass is 35.5. The van der Waals surface area contributed by atoms with Gasteiger partial charge in [-0.1, -0.05) is 23.2 Å². The van der Waals surface area contributed by atoms with Crippen molar-refractivity contribution in [2.45, 2.75) is 25.9 Å². The zero-order valence-electron chi connectivity index (χ0n) is 14.7. The van der Waals surface area contributed by atoms with Crippen LogP contribution in [-0.4, -0.2) is 46.8 Å². The van der Waals surface area contributed by atoms with E-state index in [0.29, 0.717) is 34.3 Å². The standard InChI is InChI=1S/C20H20Cl2N2O2/c1-13-11-24(20(26)16-5-9-18(22)10-6-16)14(2)12-23(13)19(25)15-3-7-17(21)8-4-15/h3-10,13-14H,11-12H2,1-2H3/t13-,14-/m1/s1. The topological polar surface area (TPSA) is 40.6 Å². The number of hydrogen-bond acceptors (Lipinski definition) is 2. The molecule has 1 heterocycles. The summed E-state index contributed by atoms with van der Waals surface area (Å²) in [6.45, 7) is 4.90. The van der Waals surface area contributed by atoms with Crippen LogP contribution in [0.4, 0.5) is 0 Å². The van der Waals surface area contributed by atoms with Crippen molar-refractivity contribution in [2.24, 2.45) is 0 Å². The molecule has 0 N–H and O–H groups in total. The Balaban J connectivity index is 1.74. The quantitative estimate of drug-likeness (QED) is 0.763. The number of halogens is 2. The van der Waals surface area contributed by atoms with E-state index in [-0.39, 0.29) is 23.9 Å². The largest absolute Gasteiger partial charge is 0.332 e. The van der Waals surface area contributed by atoms with E-state index in [1.54, 1.807) is 48.5 Å². The zero-order chi connectivity index (χ0) is 18.8. The van der Waals surface area contributed by atoms with Crippen LogP contribution < -0.4 is 0 Å². The van der Waals surface area contributed by atoms with Crippen molar-refractivity contribution >= 4 is 35.0 Å². The Labute approximate surface area is 163 Å². The van der Waals surface area contributed by atoms with Crippen molar-refractivity contribution in [2.75, 3.05) is 13.1 Å². The fraction of sp³-hybridized carbons (Fsp3) is 0.300. The summed E-state index contributed by atoms with van der Waals surface area (Å²) < 4.78 is 0. The molecule has 0 aromatic heterocycles. The van der Waals surface area contributed by atoms with E-state index in [1.165, 1.54) is 0 Å². The minimum Gasteiger partial charge on any atom is -0.332 e. The van der Waals surface area contributed by atoms with E-state index in [9.17, 15) is 9.59 Å². The van der Waals surface area contributed by atoms with Crippen molar-refractivity contribution in [3.05, 3.63) is 69.7 Å². The first-order valence-electron chi connectivity index (χ1n) is 8.50. The second-order valence-corrected chi connectivity index (χ2v) is 7.50. The molecule has 1 saturated heterocycles. The molecular formula is C20H20Cl2N2O2. The van der Waals surface area contributed by atoms with Gasteiger partial charge in [-0.15, -0.1) is 0 Å². The van der Waals surface area contributed by atoms with E-state index in [2.05, 4.69) is 0 Å². The van der Waals surface area contributed by atoms with Gasteiger partial charge in [0.2, 0.25) is 0 Å². The molecule has 2 aromatic rings. The van der Waals surface area contributed by atoms with Crippen LogP contribution >= 0.6 is 23.2 Å². The first-order chi connectivity index (χ1) is 12.4. The van der Waals surface area contributed by atoms with Gasteiger partial charge in [0.05, 0.1) is 0 Å². The number of rotatable bonds is 2. The lowest BCUT2D eigenvalue weighted by Gasteiger charge is -2.44. The maximum atomic E-state index is 12.8. The molecule has 1 aliphatic rings. The van der Waals surface area contributed by atoms with E-state index < -0.39 is 0 Å². The molecule has 0 aliphatic carbocycles. The monoisotopic (exact) mass is 390 g/mol. The Morgan fingerprint density at radius 1 is 0.731 bits per heavy atom. The van der Waals surface area contributed by atoms with Crippen LogP contribution in [0.3, 0.4) is 0 Å². The summed E-state index contributed by atoms with van der Waals surface area (Å²) in [6.07, 6.45) is 0. The summed E-state index contributed by atoms with van der Waals surface area (Å²) in [5, 5.41) is 1.20. The number of nitrogens with zero attached hydrogens (tertiary/aromatic N) is 2. The molecule has 0 saturated carbocycles. The lowest BCUT2D eigenvalue weighted by molar-refractivity contribution is 0.0270. The molecule has 3 rings (SSSR count). The lowest BCUT2D eigenvalue weighted by atomic mass is 10.0. The second-order valence-electron chi connectivity index (χ2n) is 6.63. The molecule has 0 radical (unpaired) electrons. The summed E-state index contributed by atoms with van der Waals surface area (Å²) >= 11 is 11.8.